The van der Waals surface area contributed by atoms with E-state index in [9.17, 15) is 0 Å². The summed E-state index contributed by atoms with van der Waals surface area (Å²) in [5, 5.41) is 4.68. The molecule has 3 nitrogen and oxygen atoms in total. The van der Waals surface area contributed by atoms with Crippen LogP contribution in [0.25, 0.3) is 0 Å². The lowest BCUT2D eigenvalue weighted by atomic mass is 10.3. The van der Waals surface area contributed by atoms with Gasteiger partial charge in [-0.05, 0) is 29.4 Å². The Morgan fingerprint density at radius 1 is 1.31 bits per heavy atom. The van der Waals surface area contributed by atoms with Gasteiger partial charge in [0.25, 0.3) is 0 Å². The van der Waals surface area contributed by atoms with Crippen molar-refractivity contribution in [2.24, 2.45) is 0 Å². The molecule has 0 amide bonds. The molecule has 2 aromatic heterocycles. The maximum absolute atomic E-state index is 5.68. The highest BCUT2D eigenvalue weighted by Crippen LogP contribution is 2.10. The van der Waals surface area contributed by atoms with Crippen LogP contribution in [0.3, 0.4) is 0 Å². The van der Waals surface area contributed by atoms with E-state index in [2.05, 4.69) is 38.7 Å². The molecule has 5 heteroatoms. The second-order valence-electron chi connectivity index (χ2n) is 3.63. The molecule has 0 aliphatic rings. The van der Waals surface area contributed by atoms with Gasteiger partial charge in [0.15, 0.2) is 0 Å². The van der Waals surface area contributed by atoms with E-state index in [1.807, 2.05) is 0 Å². The average Bonchev–Trinajstić information content (AvgIpc) is 2.74. The van der Waals surface area contributed by atoms with Gasteiger partial charge in [0.05, 0.1) is 18.1 Å². The van der Waals surface area contributed by atoms with Crippen LogP contribution >= 0.6 is 22.9 Å². The van der Waals surface area contributed by atoms with Crippen LogP contribution in [-0.2, 0) is 13.1 Å². The summed E-state index contributed by atoms with van der Waals surface area (Å²) in [6, 6.07) is 2.13. The topological polar surface area (TPSA) is 29.0 Å². The monoisotopic (exact) mass is 253 g/mol. The van der Waals surface area contributed by atoms with Gasteiger partial charge < -0.3 is 0 Å². The van der Waals surface area contributed by atoms with Gasteiger partial charge in [-0.25, -0.2) is 4.98 Å². The van der Waals surface area contributed by atoms with Crippen LogP contribution in [0, 0.1) is 0 Å². The first-order valence-corrected chi connectivity index (χ1v) is 6.22. The number of thiophene rings is 1. The van der Waals surface area contributed by atoms with E-state index in [-0.39, 0.29) is 0 Å². The van der Waals surface area contributed by atoms with Crippen molar-refractivity contribution >= 4 is 22.9 Å². The Bertz CT molecular complexity index is 427. The van der Waals surface area contributed by atoms with Gasteiger partial charge in [-0.2, -0.15) is 11.3 Å². The first-order valence-electron chi connectivity index (χ1n) is 4.90. The molecule has 2 rings (SSSR count). The number of nitrogens with zero attached hydrogens (tertiary/aromatic N) is 3. The van der Waals surface area contributed by atoms with Gasteiger partial charge in [0.1, 0.15) is 5.15 Å². The van der Waals surface area contributed by atoms with Gasteiger partial charge in [0.2, 0.25) is 0 Å². The molecular weight excluding hydrogens is 242 g/mol. The van der Waals surface area contributed by atoms with Crippen LogP contribution in [-0.4, -0.2) is 21.9 Å². The highest BCUT2D eigenvalue weighted by Gasteiger charge is 2.03. The molecule has 0 unspecified atom stereocenters. The number of hydrogen-bond donors (Lipinski definition) is 0. The standard InChI is InChI=1S/C11H12ClN3S/c1-15(6-9-2-3-16-8-9)7-10-4-14-11(12)5-13-10/h2-5,8H,6-7H2,1H3. The molecule has 0 spiro atoms. The zero-order valence-corrected chi connectivity index (χ0v) is 10.5. The van der Waals surface area contributed by atoms with Crippen molar-refractivity contribution in [1.82, 2.24) is 14.9 Å². The molecule has 0 fully saturated rings. The van der Waals surface area contributed by atoms with Gasteiger partial charge >= 0.3 is 0 Å². The molecule has 84 valence electrons. The van der Waals surface area contributed by atoms with E-state index < -0.39 is 0 Å². The third-order valence-electron chi connectivity index (χ3n) is 2.14. The molecule has 2 aromatic rings. The molecule has 0 saturated carbocycles. The molecule has 0 saturated heterocycles. The van der Waals surface area contributed by atoms with Crippen molar-refractivity contribution in [3.05, 3.63) is 45.6 Å². The minimum absolute atomic E-state index is 0.434. The van der Waals surface area contributed by atoms with Gasteiger partial charge in [0, 0.05) is 13.1 Å². The number of rotatable bonds is 4. The highest BCUT2D eigenvalue weighted by atomic mass is 35.5. The Labute approximate surface area is 104 Å². The fraction of sp³-hybridized carbons (Fsp3) is 0.273. The predicted molar refractivity (Wildman–Crippen MR) is 66.5 cm³/mol. The van der Waals surface area contributed by atoms with Crippen LogP contribution in [0.2, 0.25) is 5.15 Å². The molecule has 0 bridgehead atoms. The lowest BCUT2D eigenvalue weighted by molar-refractivity contribution is 0.315. The fourth-order valence-corrected chi connectivity index (χ4v) is 2.20. The van der Waals surface area contributed by atoms with Crippen LogP contribution in [0.4, 0.5) is 0 Å². The third-order valence-corrected chi connectivity index (χ3v) is 3.07. The van der Waals surface area contributed by atoms with Crippen molar-refractivity contribution in [3.63, 3.8) is 0 Å². The number of halogens is 1. The molecule has 0 aliphatic carbocycles. The smallest absolute Gasteiger partial charge is 0.147 e. The molecule has 0 radical (unpaired) electrons. The second-order valence-corrected chi connectivity index (χ2v) is 4.80. The van der Waals surface area contributed by atoms with Crippen molar-refractivity contribution in [1.29, 1.82) is 0 Å². The Morgan fingerprint density at radius 2 is 2.19 bits per heavy atom. The summed E-state index contributed by atoms with van der Waals surface area (Å²) in [6.45, 7) is 1.70. The lowest BCUT2D eigenvalue weighted by Crippen LogP contribution is -2.17. The van der Waals surface area contributed by atoms with Crippen LogP contribution in [0.1, 0.15) is 11.3 Å². The summed E-state index contributed by atoms with van der Waals surface area (Å²) in [5.41, 5.74) is 2.26. The van der Waals surface area contributed by atoms with Crippen LogP contribution in [0.5, 0.6) is 0 Å². The predicted octanol–water partition coefficient (Wildman–Crippen LogP) is 2.82. The maximum atomic E-state index is 5.68. The fourth-order valence-electron chi connectivity index (χ4n) is 1.45. The van der Waals surface area contributed by atoms with E-state index >= 15 is 0 Å². The van der Waals surface area contributed by atoms with E-state index in [0.29, 0.717) is 5.15 Å². The quantitative estimate of drug-likeness (QED) is 0.839. The molecular formula is C11H12ClN3S. The Kier molecular flexibility index (Phi) is 3.88. The van der Waals surface area contributed by atoms with Gasteiger partial charge in [-0.3, -0.25) is 9.88 Å². The minimum Gasteiger partial charge on any atom is -0.296 e. The molecule has 16 heavy (non-hydrogen) atoms. The SMILES string of the molecule is CN(Cc1ccsc1)Cc1cnc(Cl)cn1. The van der Waals surface area contributed by atoms with Crippen LogP contribution < -0.4 is 0 Å². The van der Waals surface area contributed by atoms with E-state index in [0.717, 1.165) is 18.8 Å². The summed E-state index contributed by atoms with van der Waals surface area (Å²) >= 11 is 7.40. The first-order chi connectivity index (χ1) is 7.74. The van der Waals surface area contributed by atoms with Gasteiger partial charge in [-0.15, -0.1) is 0 Å². The zero-order chi connectivity index (χ0) is 11.4. The minimum atomic E-state index is 0.434. The normalized spacial score (nSPS) is 10.9. The van der Waals surface area contributed by atoms with Crippen molar-refractivity contribution in [3.8, 4) is 0 Å². The molecule has 0 aliphatic heterocycles. The second kappa shape index (κ2) is 5.39. The molecule has 0 atom stereocenters. The Morgan fingerprint density at radius 3 is 2.81 bits per heavy atom. The summed E-state index contributed by atoms with van der Waals surface area (Å²) < 4.78 is 0. The number of aromatic nitrogens is 2. The summed E-state index contributed by atoms with van der Waals surface area (Å²) in [7, 11) is 2.06. The molecule has 2 heterocycles. The lowest BCUT2D eigenvalue weighted by Gasteiger charge is -2.14. The molecule has 0 aromatic carbocycles. The first kappa shape index (κ1) is 11.5. The Balaban J connectivity index is 1.92. The third kappa shape index (κ3) is 3.27. The summed E-state index contributed by atoms with van der Waals surface area (Å²) in [4.78, 5) is 10.4. The largest absolute Gasteiger partial charge is 0.296 e. The zero-order valence-electron chi connectivity index (χ0n) is 8.93. The van der Waals surface area contributed by atoms with E-state index in [1.165, 1.54) is 5.56 Å². The van der Waals surface area contributed by atoms with Crippen molar-refractivity contribution in [2.45, 2.75) is 13.1 Å². The maximum Gasteiger partial charge on any atom is 0.147 e. The Hall–Kier alpha value is -0.970. The van der Waals surface area contributed by atoms with Gasteiger partial charge in [-0.1, -0.05) is 11.6 Å². The van der Waals surface area contributed by atoms with Crippen molar-refractivity contribution in [2.75, 3.05) is 7.05 Å². The number of hydrogen-bond acceptors (Lipinski definition) is 4. The average molecular weight is 254 g/mol. The van der Waals surface area contributed by atoms with Crippen molar-refractivity contribution < 1.29 is 0 Å². The summed E-state index contributed by atoms with van der Waals surface area (Å²) in [5.74, 6) is 0. The highest BCUT2D eigenvalue weighted by molar-refractivity contribution is 7.07. The molecule has 0 N–H and O–H groups in total. The van der Waals surface area contributed by atoms with E-state index in [1.54, 1.807) is 23.7 Å². The summed E-state index contributed by atoms with van der Waals surface area (Å²) in [6.07, 6.45) is 3.29. The van der Waals surface area contributed by atoms with E-state index in [4.69, 9.17) is 11.6 Å². The van der Waals surface area contributed by atoms with Crippen LogP contribution in [0.15, 0.2) is 29.2 Å².